The van der Waals surface area contributed by atoms with E-state index in [1.165, 1.54) is 7.11 Å². The number of amides is 1. The van der Waals surface area contributed by atoms with E-state index in [9.17, 15) is 9.59 Å². The predicted molar refractivity (Wildman–Crippen MR) is 106 cm³/mol. The number of alkyl carbamates (subject to hydrolysis) is 1. The molecule has 1 aromatic heterocycles. The zero-order valence-corrected chi connectivity index (χ0v) is 17.6. The number of hydrogen-bond donors (Lipinski definition) is 1. The number of aromatic nitrogens is 2. The molecular formula is C20H24ClN3O5. The molecule has 0 spiro atoms. The van der Waals surface area contributed by atoms with Gasteiger partial charge in [-0.3, -0.25) is 0 Å². The van der Waals surface area contributed by atoms with Crippen LogP contribution in [0.4, 0.5) is 4.79 Å². The topological polar surface area (TPSA) is 104 Å². The molecule has 0 unspecified atom stereocenters. The van der Waals surface area contributed by atoms with Gasteiger partial charge in [-0.05, 0) is 57.4 Å². The van der Waals surface area contributed by atoms with Gasteiger partial charge >= 0.3 is 12.1 Å². The summed E-state index contributed by atoms with van der Waals surface area (Å²) in [6.07, 6.45) is 1.48. The Hall–Kier alpha value is -2.61. The molecule has 29 heavy (non-hydrogen) atoms. The van der Waals surface area contributed by atoms with Crippen LogP contribution in [0.5, 0.6) is 0 Å². The lowest BCUT2D eigenvalue weighted by Crippen LogP contribution is -2.45. The first-order valence-corrected chi connectivity index (χ1v) is 9.73. The van der Waals surface area contributed by atoms with Gasteiger partial charge in [-0.15, -0.1) is 10.2 Å². The van der Waals surface area contributed by atoms with Crippen molar-refractivity contribution in [3.63, 3.8) is 0 Å². The number of ether oxygens (including phenoxy) is 2. The Morgan fingerprint density at radius 1 is 1.31 bits per heavy atom. The number of methoxy groups -OCH3 is 1. The molecule has 1 atom stereocenters. The van der Waals surface area contributed by atoms with Crippen molar-refractivity contribution in [3.8, 4) is 11.5 Å². The summed E-state index contributed by atoms with van der Waals surface area (Å²) in [5.74, 6) is 0.673. The van der Waals surface area contributed by atoms with Crippen LogP contribution in [0.2, 0.25) is 5.02 Å². The summed E-state index contributed by atoms with van der Waals surface area (Å²) >= 11 is 6.16. The van der Waals surface area contributed by atoms with E-state index in [1.54, 1.807) is 39.0 Å². The van der Waals surface area contributed by atoms with Gasteiger partial charge in [0, 0.05) is 22.9 Å². The van der Waals surface area contributed by atoms with Gasteiger partial charge in [0.05, 0.1) is 7.11 Å². The van der Waals surface area contributed by atoms with Crippen LogP contribution in [-0.2, 0) is 20.7 Å². The lowest BCUT2D eigenvalue weighted by atomic mass is 10.00. The summed E-state index contributed by atoms with van der Waals surface area (Å²) in [7, 11) is 1.25. The number of carbonyl (C=O) groups is 2. The molecule has 9 heteroatoms. The first kappa shape index (κ1) is 21.1. The maximum Gasteiger partial charge on any atom is 0.408 e. The van der Waals surface area contributed by atoms with Crippen molar-refractivity contribution in [2.24, 2.45) is 0 Å². The fraction of sp³-hybridized carbons (Fsp3) is 0.500. The maximum absolute atomic E-state index is 12.3. The van der Waals surface area contributed by atoms with Crippen LogP contribution >= 0.6 is 11.6 Å². The van der Waals surface area contributed by atoms with Crippen molar-refractivity contribution < 1.29 is 23.5 Å². The number of benzene rings is 1. The number of nitrogens with zero attached hydrogens (tertiary/aromatic N) is 2. The first-order valence-electron chi connectivity index (χ1n) is 9.36. The Bertz CT molecular complexity index is 902. The lowest BCUT2D eigenvalue weighted by molar-refractivity contribution is -0.143. The minimum atomic E-state index is -0.974. The minimum absolute atomic E-state index is 0.114. The predicted octanol–water partition coefficient (Wildman–Crippen LogP) is 3.88. The van der Waals surface area contributed by atoms with Gasteiger partial charge < -0.3 is 19.2 Å². The van der Waals surface area contributed by atoms with E-state index in [0.29, 0.717) is 33.8 Å². The lowest BCUT2D eigenvalue weighted by Gasteiger charge is -2.23. The van der Waals surface area contributed by atoms with Crippen LogP contribution in [0, 0.1) is 0 Å². The molecule has 1 heterocycles. The summed E-state index contributed by atoms with van der Waals surface area (Å²) in [5, 5.41) is 11.3. The van der Waals surface area contributed by atoms with E-state index < -0.39 is 23.7 Å². The molecule has 2 aromatic rings. The number of esters is 1. The first-order chi connectivity index (χ1) is 13.7. The monoisotopic (exact) mass is 421 g/mol. The van der Waals surface area contributed by atoms with E-state index in [0.717, 1.165) is 12.8 Å². The molecule has 1 amide bonds. The van der Waals surface area contributed by atoms with Crippen LogP contribution in [0.1, 0.15) is 51.0 Å². The fourth-order valence-electron chi connectivity index (χ4n) is 2.78. The summed E-state index contributed by atoms with van der Waals surface area (Å²) in [6.45, 7) is 5.21. The van der Waals surface area contributed by atoms with E-state index in [2.05, 4.69) is 15.5 Å². The van der Waals surface area contributed by atoms with Crippen molar-refractivity contribution in [1.82, 2.24) is 15.5 Å². The summed E-state index contributed by atoms with van der Waals surface area (Å²) < 4.78 is 15.9. The fourth-order valence-corrected chi connectivity index (χ4v) is 2.98. The van der Waals surface area contributed by atoms with Crippen LogP contribution in [-0.4, -0.2) is 41.0 Å². The van der Waals surface area contributed by atoms with Crippen LogP contribution in [0.15, 0.2) is 22.6 Å². The Morgan fingerprint density at radius 3 is 2.66 bits per heavy atom. The highest BCUT2D eigenvalue weighted by Gasteiger charge is 2.31. The third-order valence-corrected chi connectivity index (χ3v) is 4.50. The SMILES string of the molecule is COC(=O)[C@H](Cc1cc(Cl)ccc1-c1nnc(C2CC2)o1)NC(=O)OC(C)(C)C. The van der Waals surface area contributed by atoms with Crippen molar-refractivity contribution >= 4 is 23.7 Å². The van der Waals surface area contributed by atoms with Crippen molar-refractivity contribution in [2.75, 3.05) is 7.11 Å². The van der Waals surface area contributed by atoms with Gasteiger partial charge in [0.2, 0.25) is 11.8 Å². The second-order valence-corrected chi connectivity index (χ2v) is 8.38. The normalized spacial score (nSPS) is 14.9. The van der Waals surface area contributed by atoms with E-state index in [-0.39, 0.29) is 6.42 Å². The Kier molecular flexibility index (Phi) is 6.12. The van der Waals surface area contributed by atoms with Gasteiger partial charge in [0.25, 0.3) is 0 Å². The molecule has 0 saturated heterocycles. The quantitative estimate of drug-likeness (QED) is 0.706. The number of hydrogen-bond acceptors (Lipinski definition) is 7. The molecule has 1 aliphatic rings. The summed E-state index contributed by atoms with van der Waals surface area (Å²) in [5.41, 5.74) is 0.609. The van der Waals surface area contributed by atoms with Gasteiger partial charge in [0.1, 0.15) is 11.6 Å². The van der Waals surface area contributed by atoms with Crippen LogP contribution in [0.3, 0.4) is 0 Å². The average molecular weight is 422 g/mol. The zero-order chi connectivity index (χ0) is 21.2. The molecular weight excluding hydrogens is 398 g/mol. The molecule has 156 valence electrons. The molecule has 0 radical (unpaired) electrons. The third-order valence-electron chi connectivity index (χ3n) is 4.27. The molecule has 1 N–H and O–H groups in total. The number of halogens is 1. The Labute approximate surface area is 173 Å². The highest BCUT2D eigenvalue weighted by molar-refractivity contribution is 6.30. The Balaban J connectivity index is 1.85. The number of rotatable bonds is 6. The van der Waals surface area contributed by atoms with Crippen molar-refractivity contribution in [1.29, 1.82) is 0 Å². The highest BCUT2D eigenvalue weighted by Crippen LogP contribution is 2.40. The largest absolute Gasteiger partial charge is 0.467 e. The third kappa shape index (κ3) is 5.69. The molecule has 1 saturated carbocycles. The summed E-state index contributed by atoms with van der Waals surface area (Å²) in [4.78, 5) is 24.5. The minimum Gasteiger partial charge on any atom is -0.467 e. The molecule has 1 fully saturated rings. The molecule has 0 bridgehead atoms. The molecule has 3 rings (SSSR count). The van der Waals surface area contributed by atoms with Gasteiger partial charge in [0.15, 0.2) is 0 Å². The van der Waals surface area contributed by atoms with Gasteiger partial charge in [-0.1, -0.05) is 11.6 Å². The van der Waals surface area contributed by atoms with Crippen molar-refractivity contribution in [2.45, 2.75) is 57.6 Å². The smallest absolute Gasteiger partial charge is 0.408 e. The molecule has 0 aliphatic heterocycles. The summed E-state index contributed by atoms with van der Waals surface area (Å²) in [6, 6.07) is 4.18. The molecule has 1 aliphatic carbocycles. The average Bonchev–Trinajstić information content (AvgIpc) is 3.37. The molecule has 8 nitrogen and oxygen atoms in total. The van der Waals surface area contributed by atoms with Crippen LogP contribution in [0.25, 0.3) is 11.5 Å². The standard InChI is InChI=1S/C20H24ClN3O5/c1-20(2,3)29-19(26)22-15(18(25)27-4)10-12-9-13(21)7-8-14(12)17-24-23-16(28-17)11-5-6-11/h7-9,11,15H,5-6,10H2,1-4H3,(H,22,26)/t15-/m0/s1. The van der Waals surface area contributed by atoms with E-state index in [4.69, 9.17) is 25.5 Å². The number of carbonyl (C=O) groups excluding carboxylic acids is 2. The van der Waals surface area contributed by atoms with Crippen LogP contribution < -0.4 is 5.32 Å². The zero-order valence-electron chi connectivity index (χ0n) is 16.8. The second-order valence-electron chi connectivity index (χ2n) is 7.95. The highest BCUT2D eigenvalue weighted by atomic mass is 35.5. The van der Waals surface area contributed by atoms with Gasteiger partial charge in [-0.25, -0.2) is 9.59 Å². The number of nitrogens with one attached hydrogen (secondary N) is 1. The maximum atomic E-state index is 12.3. The molecule has 1 aromatic carbocycles. The van der Waals surface area contributed by atoms with Crippen molar-refractivity contribution in [3.05, 3.63) is 34.7 Å². The van der Waals surface area contributed by atoms with E-state index in [1.807, 2.05) is 0 Å². The Morgan fingerprint density at radius 2 is 2.03 bits per heavy atom. The second kappa shape index (κ2) is 8.41. The van der Waals surface area contributed by atoms with Gasteiger partial charge in [-0.2, -0.15) is 0 Å². The van der Waals surface area contributed by atoms with E-state index >= 15 is 0 Å².